The Morgan fingerprint density at radius 1 is 1.53 bits per heavy atom. The van der Waals surface area contributed by atoms with E-state index in [4.69, 9.17) is 5.11 Å². The number of carbonyl (C=O) groups is 1. The van der Waals surface area contributed by atoms with Crippen molar-refractivity contribution >= 4 is 11.7 Å². The molecule has 0 aromatic heterocycles. The molecule has 1 aromatic rings. The van der Waals surface area contributed by atoms with Gasteiger partial charge in [0.15, 0.2) is 5.56 Å². The first-order valence-electron chi connectivity index (χ1n) is 4.34. The number of aromatic hydroxyl groups is 2. The summed E-state index contributed by atoms with van der Waals surface area (Å²) in [5, 5.41) is 38.3. The molecule has 8 nitrogen and oxygen atoms in total. The van der Waals surface area contributed by atoms with Crippen LogP contribution in [0.25, 0.3) is 0 Å². The maximum absolute atomic E-state index is 10.7. The van der Waals surface area contributed by atoms with E-state index >= 15 is 0 Å². The molecule has 0 aliphatic heterocycles. The lowest BCUT2D eigenvalue weighted by molar-refractivity contribution is -0.387. The number of methoxy groups -OCH3 is 1. The minimum Gasteiger partial charge on any atom is -0.507 e. The van der Waals surface area contributed by atoms with E-state index < -0.39 is 33.6 Å². The van der Waals surface area contributed by atoms with Gasteiger partial charge in [0.2, 0.25) is 5.75 Å². The van der Waals surface area contributed by atoms with Crippen molar-refractivity contribution in [2.45, 2.75) is 6.61 Å². The lowest BCUT2D eigenvalue weighted by Crippen LogP contribution is -2.04. The standard InChI is InChI=1S/C9H9NO7/c1-17-3-4-2-5(11)6(9(13)14)8(12)7(4)10(15)16/h2,11-12H,3H2,1H3,(H,13,14). The van der Waals surface area contributed by atoms with Crippen molar-refractivity contribution < 1.29 is 29.8 Å². The number of ether oxygens (including phenoxy) is 1. The summed E-state index contributed by atoms with van der Waals surface area (Å²) >= 11 is 0. The van der Waals surface area contributed by atoms with Crippen LogP contribution in [-0.2, 0) is 11.3 Å². The summed E-state index contributed by atoms with van der Waals surface area (Å²) < 4.78 is 4.65. The normalized spacial score (nSPS) is 10.2. The number of aromatic carboxylic acids is 1. The third-order valence-corrected chi connectivity index (χ3v) is 2.03. The summed E-state index contributed by atoms with van der Waals surface area (Å²) in [6, 6.07) is 0.880. The van der Waals surface area contributed by atoms with Gasteiger partial charge < -0.3 is 20.1 Å². The van der Waals surface area contributed by atoms with Crippen LogP contribution in [0.15, 0.2) is 6.07 Å². The van der Waals surface area contributed by atoms with Gasteiger partial charge in [-0.25, -0.2) is 4.79 Å². The third kappa shape index (κ3) is 2.26. The molecule has 1 aromatic carbocycles. The number of phenols is 2. The Morgan fingerprint density at radius 3 is 2.53 bits per heavy atom. The molecule has 92 valence electrons. The molecule has 0 spiro atoms. The van der Waals surface area contributed by atoms with E-state index in [1.165, 1.54) is 7.11 Å². The lowest BCUT2D eigenvalue weighted by Gasteiger charge is -2.08. The van der Waals surface area contributed by atoms with E-state index in [-0.39, 0.29) is 12.2 Å². The van der Waals surface area contributed by atoms with E-state index in [1.807, 2.05) is 0 Å². The minimum atomic E-state index is -1.66. The Balaban J connectivity index is 3.57. The number of benzene rings is 1. The molecule has 0 bridgehead atoms. The van der Waals surface area contributed by atoms with E-state index in [0.717, 1.165) is 6.07 Å². The molecule has 0 saturated carbocycles. The maximum atomic E-state index is 10.7. The molecule has 1 rings (SSSR count). The highest BCUT2D eigenvalue weighted by Crippen LogP contribution is 2.39. The van der Waals surface area contributed by atoms with Gasteiger partial charge in [-0.15, -0.1) is 0 Å². The number of carboxylic acid groups (broad SMARTS) is 1. The van der Waals surface area contributed by atoms with Crippen LogP contribution in [0.5, 0.6) is 11.5 Å². The Kier molecular flexibility index (Phi) is 3.49. The molecule has 0 saturated heterocycles. The van der Waals surface area contributed by atoms with Crippen molar-refractivity contribution in [1.29, 1.82) is 0 Å². The molecule has 0 atom stereocenters. The van der Waals surface area contributed by atoms with E-state index in [1.54, 1.807) is 0 Å². The molecule has 0 unspecified atom stereocenters. The maximum Gasteiger partial charge on any atom is 0.343 e. The van der Waals surface area contributed by atoms with Crippen LogP contribution in [0.1, 0.15) is 15.9 Å². The first-order valence-corrected chi connectivity index (χ1v) is 4.34. The SMILES string of the molecule is COCc1cc(O)c(C(=O)O)c(O)c1[N+](=O)[O-]. The van der Waals surface area contributed by atoms with Crippen molar-refractivity contribution in [3.05, 3.63) is 27.3 Å². The highest BCUT2D eigenvalue weighted by Gasteiger charge is 2.29. The Morgan fingerprint density at radius 2 is 2.12 bits per heavy atom. The largest absolute Gasteiger partial charge is 0.507 e. The number of hydrogen-bond donors (Lipinski definition) is 3. The smallest absolute Gasteiger partial charge is 0.343 e. The average molecular weight is 243 g/mol. The van der Waals surface area contributed by atoms with Gasteiger partial charge in [0.1, 0.15) is 5.75 Å². The topological polar surface area (TPSA) is 130 Å². The van der Waals surface area contributed by atoms with E-state index in [0.29, 0.717) is 0 Å². The van der Waals surface area contributed by atoms with Crippen LogP contribution < -0.4 is 0 Å². The fourth-order valence-corrected chi connectivity index (χ4v) is 1.38. The zero-order chi connectivity index (χ0) is 13.2. The lowest BCUT2D eigenvalue weighted by atomic mass is 10.1. The van der Waals surface area contributed by atoms with Crippen molar-refractivity contribution in [2.75, 3.05) is 7.11 Å². The zero-order valence-electron chi connectivity index (χ0n) is 8.71. The fourth-order valence-electron chi connectivity index (χ4n) is 1.38. The van der Waals surface area contributed by atoms with Gasteiger partial charge >= 0.3 is 11.7 Å². The predicted octanol–water partition coefficient (Wildman–Crippen LogP) is 0.851. The molecule has 0 amide bonds. The van der Waals surface area contributed by atoms with Crippen LogP contribution >= 0.6 is 0 Å². The van der Waals surface area contributed by atoms with E-state index in [2.05, 4.69) is 4.74 Å². The summed E-state index contributed by atoms with van der Waals surface area (Å²) in [7, 11) is 1.27. The van der Waals surface area contributed by atoms with Crippen LogP contribution in [0.3, 0.4) is 0 Å². The first-order chi connectivity index (χ1) is 7.90. The first kappa shape index (κ1) is 12.7. The Bertz CT molecular complexity index is 483. The van der Waals surface area contributed by atoms with Gasteiger partial charge in [-0.1, -0.05) is 0 Å². The summed E-state index contributed by atoms with van der Waals surface area (Å²) in [4.78, 5) is 20.5. The summed E-state index contributed by atoms with van der Waals surface area (Å²) in [5.41, 5.74) is -1.81. The molecule has 0 aliphatic carbocycles. The van der Waals surface area contributed by atoms with Crippen LogP contribution in [0.4, 0.5) is 5.69 Å². The fraction of sp³-hybridized carbons (Fsp3) is 0.222. The van der Waals surface area contributed by atoms with Gasteiger partial charge in [0.25, 0.3) is 0 Å². The van der Waals surface area contributed by atoms with Crippen LogP contribution in [0, 0.1) is 10.1 Å². The zero-order valence-corrected chi connectivity index (χ0v) is 8.71. The average Bonchev–Trinajstić information content (AvgIpc) is 2.15. The van der Waals surface area contributed by atoms with Crippen molar-refractivity contribution in [3.8, 4) is 11.5 Å². The van der Waals surface area contributed by atoms with E-state index in [9.17, 15) is 25.1 Å². The highest BCUT2D eigenvalue weighted by molar-refractivity contribution is 5.96. The molecule has 0 aliphatic rings. The van der Waals surface area contributed by atoms with Crippen LogP contribution in [-0.4, -0.2) is 33.3 Å². The second kappa shape index (κ2) is 4.66. The highest BCUT2D eigenvalue weighted by atomic mass is 16.6. The summed E-state index contributed by atoms with van der Waals surface area (Å²) in [6.45, 7) is -0.239. The van der Waals surface area contributed by atoms with Gasteiger partial charge in [-0.05, 0) is 6.07 Å². The molecule has 0 heterocycles. The van der Waals surface area contributed by atoms with Gasteiger partial charge in [0.05, 0.1) is 17.1 Å². The van der Waals surface area contributed by atoms with Gasteiger partial charge in [0, 0.05) is 7.11 Å². The molecular formula is C9H9NO7. The molecule has 0 fully saturated rings. The Labute approximate surface area is 94.8 Å². The predicted molar refractivity (Wildman–Crippen MR) is 54.1 cm³/mol. The van der Waals surface area contributed by atoms with Crippen molar-refractivity contribution in [3.63, 3.8) is 0 Å². The summed E-state index contributed by atoms with van der Waals surface area (Å²) in [6.07, 6.45) is 0. The number of rotatable bonds is 4. The monoisotopic (exact) mass is 243 g/mol. The number of carboxylic acids is 1. The minimum absolute atomic E-state index is 0.113. The van der Waals surface area contributed by atoms with Crippen LogP contribution in [0.2, 0.25) is 0 Å². The number of nitro benzene ring substituents is 1. The number of nitrogens with zero attached hydrogens (tertiary/aromatic N) is 1. The molecule has 8 heteroatoms. The quantitative estimate of drug-likeness (QED) is 0.527. The Hall–Kier alpha value is -2.35. The molecular weight excluding hydrogens is 234 g/mol. The van der Waals surface area contributed by atoms with Gasteiger partial charge in [-0.2, -0.15) is 0 Å². The van der Waals surface area contributed by atoms with Crippen molar-refractivity contribution in [2.24, 2.45) is 0 Å². The molecule has 3 N–H and O–H groups in total. The number of hydrogen-bond acceptors (Lipinski definition) is 6. The third-order valence-electron chi connectivity index (χ3n) is 2.03. The van der Waals surface area contributed by atoms with Gasteiger partial charge in [-0.3, -0.25) is 10.1 Å². The number of nitro groups is 1. The van der Waals surface area contributed by atoms with Crippen molar-refractivity contribution in [1.82, 2.24) is 0 Å². The second-order valence-electron chi connectivity index (χ2n) is 3.12. The molecule has 17 heavy (non-hydrogen) atoms. The summed E-state index contributed by atoms with van der Waals surface area (Å²) in [5.74, 6) is -3.51. The second-order valence-corrected chi connectivity index (χ2v) is 3.12. The molecule has 0 radical (unpaired) electrons.